The fraction of sp³-hybridized carbons (Fsp3) is 0.667. The van der Waals surface area contributed by atoms with Crippen molar-refractivity contribution in [1.82, 2.24) is 15.1 Å². The number of ether oxygens (including phenoxy) is 1. The van der Waals surface area contributed by atoms with Crippen LogP contribution in [0.1, 0.15) is 32.9 Å². The average Bonchev–Trinajstić information content (AvgIpc) is 2.86. The van der Waals surface area contributed by atoms with Crippen LogP contribution >= 0.6 is 0 Å². The Balaban J connectivity index is 1.87. The van der Waals surface area contributed by atoms with E-state index in [2.05, 4.69) is 10.2 Å². The van der Waals surface area contributed by atoms with Gasteiger partial charge < -0.3 is 9.64 Å². The normalized spacial score (nSPS) is 20.0. The van der Waals surface area contributed by atoms with Gasteiger partial charge in [0, 0.05) is 18.8 Å². The number of hydrogen-bond donors (Lipinski definition) is 0. The van der Waals surface area contributed by atoms with Gasteiger partial charge in [-0.15, -0.1) is 5.10 Å². The van der Waals surface area contributed by atoms with E-state index in [0.29, 0.717) is 23.9 Å². The summed E-state index contributed by atoms with van der Waals surface area (Å²) in [6.07, 6.45) is 0.542. The summed E-state index contributed by atoms with van der Waals surface area (Å²) < 4.78 is 17.7. The molecule has 1 aromatic heterocycles. The fourth-order valence-corrected chi connectivity index (χ4v) is 3.49. The maximum absolute atomic E-state index is 12.3. The lowest BCUT2D eigenvalue weighted by atomic mass is 10.2. The van der Waals surface area contributed by atoms with Gasteiger partial charge in [0.2, 0.25) is 0 Å². The minimum absolute atomic E-state index is 0.205. The van der Waals surface area contributed by atoms with Crippen molar-refractivity contribution in [2.24, 2.45) is 5.92 Å². The average molecular weight is 325 g/mol. The third-order valence-corrected chi connectivity index (χ3v) is 4.79. The van der Waals surface area contributed by atoms with Gasteiger partial charge in [-0.2, -0.15) is 5.10 Å². The number of rotatable bonds is 3. The predicted molar refractivity (Wildman–Crippen MR) is 84.0 cm³/mol. The quantitative estimate of drug-likeness (QED) is 0.851. The van der Waals surface area contributed by atoms with E-state index in [1.807, 2.05) is 33.8 Å². The first-order chi connectivity index (χ1) is 10.2. The largest absolute Gasteiger partial charge is 0.444 e. The lowest BCUT2D eigenvalue weighted by Gasteiger charge is -2.24. The van der Waals surface area contributed by atoms with Gasteiger partial charge in [0.05, 0.1) is 16.5 Å². The zero-order valence-electron chi connectivity index (χ0n) is 13.5. The van der Waals surface area contributed by atoms with Crippen LogP contribution < -0.4 is 0 Å². The zero-order chi connectivity index (χ0) is 16.3. The fourth-order valence-electron chi connectivity index (χ4n) is 2.27. The molecule has 1 aromatic rings. The molecular formula is C15H23N3O3S. The van der Waals surface area contributed by atoms with Crippen LogP contribution in [0.3, 0.4) is 0 Å². The molecule has 0 radical (unpaired) electrons. The molecule has 122 valence electrons. The highest BCUT2D eigenvalue weighted by atomic mass is 32.2. The van der Waals surface area contributed by atoms with Crippen molar-refractivity contribution in [3.8, 4) is 0 Å². The maximum Gasteiger partial charge on any atom is 0.410 e. The molecule has 2 heterocycles. The highest BCUT2D eigenvalue weighted by molar-refractivity contribution is 7.84. The Morgan fingerprint density at radius 1 is 1.41 bits per heavy atom. The molecule has 2 atom stereocenters. The lowest BCUT2D eigenvalue weighted by molar-refractivity contribution is 0.0289. The molecule has 0 spiro atoms. The monoisotopic (exact) mass is 325 g/mol. The molecule has 1 aliphatic rings. The van der Waals surface area contributed by atoms with Gasteiger partial charge in [0.15, 0.2) is 0 Å². The van der Waals surface area contributed by atoms with Crippen LogP contribution in [-0.4, -0.2) is 49.8 Å². The smallest absolute Gasteiger partial charge is 0.410 e. The van der Waals surface area contributed by atoms with Crippen LogP contribution in [0.2, 0.25) is 0 Å². The van der Waals surface area contributed by atoms with E-state index in [0.717, 1.165) is 12.1 Å². The van der Waals surface area contributed by atoms with Crippen LogP contribution in [0.15, 0.2) is 17.2 Å². The number of likely N-dealkylation sites (tertiary alicyclic amines) is 1. The van der Waals surface area contributed by atoms with Gasteiger partial charge >= 0.3 is 6.09 Å². The van der Waals surface area contributed by atoms with Crippen molar-refractivity contribution in [3.63, 3.8) is 0 Å². The Morgan fingerprint density at radius 2 is 2.14 bits per heavy atom. The Labute approximate surface area is 133 Å². The maximum atomic E-state index is 12.3. The zero-order valence-corrected chi connectivity index (χ0v) is 14.4. The summed E-state index contributed by atoms with van der Waals surface area (Å²) in [5.74, 6) is 0.702. The summed E-state index contributed by atoms with van der Waals surface area (Å²) in [4.78, 5) is 13.7. The summed E-state index contributed by atoms with van der Waals surface area (Å²) in [7, 11) is -1.18. The van der Waals surface area contributed by atoms with E-state index >= 15 is 0 Å². The minimum Gasteiger partial charge on any atom is -0.444 e. The second-order valence-corrected chi connectivity index (χ2v) is 8.05. The number of hydrogen-bond acceptors (Lipinski definition) is 5. The first-order valence-corrected chi connectivity index (χ1v) is 8.73. The number of nitrogens with zero attached hydrogens (tertiary/aromatic N) is 3. The number of aryl methyl sites for hydroxylation is 1. The first kappa shape index (κ1) is 16.9. The molecule has 2 rings (SSSR count). The van der Waals surface area contributed by atoms with Crippen LogP contribution in [-0.2, 0) is 15.5 Å². The second-order valence-electron chi connectivity index (χ2n) is 6.61. The number of carbonyl (C=O) groups excluding carboxylic acids is 1. The van der Waals surface area contributed by atoms with Gasteiger partial charge in [0.1, 0.15) is 10.6 Å². The molecule has 0 aromatic carbocycles. The van der Waals surface area contributed by atoms with E-state index in [1.165, 1.54) is 0 Å². The van der Waals surface area contributed by atoms with E-state index in [4.69, 9.17) is 4.74 Å². The third-order valence-electron chi connectivity index (χ3n) is 3.33. The van der Waals surface area contributed by atoms with E-state index in [9.17, 15) is 9.00 Å². The molecule has 0 N–H and O–H groups in total. The second kappa shape index (κ2) is 6.73. The molecule has 1 fully saturated rings. The molecule has 0 saturated carbocycles. The van der Waals surface area contributed by atoms with Crippen molar-refractivity contribution >= 4 is 16.9 Å². The Morgan fingerprint density at radius 3 is 2.73 bits per heavy atom. The van der Waals surface area contributed by atoms with Crippen molar-refractivity contribution < 1.29 is 13.7 Å². The summed E-state index contributed by atoms with van der Waals surface area (Å²) >= 11 is 0. The van der Waals surface area contributed by atoms with Gasteiger partial charge in [-0.25, -0.2) is 4.79 Å². The predicted octanol–water partition coefficient (Wildman–Crippen LogP) is 2.15. The Bertz CT molecular complexity index is 554. The van der Waals surface area contributed by atoms with Gasteiger partial charge in [-0.05, 0) is 52.2 Å². The Kier molecular flexibility index (Phi) is 5.16. The molecule has 1 amide bonds. The summed E-state index contributed by atoms with van der Waals surface area (Å²) in [6, 6.07) is 3.56. The molecular weight excluding hydrogens is 302 g/mol. The van der Waals surface area contributed by atoms with Gasteiger partial charge in [-0.3, -0.25) is 4.21 Å². The molecule has 7 heteroatoms. The standard InChI is InChI=1S/C15H23N3O3S/c1-11-5-6-13(17-16-11)22(20)10-12-7-8-18(9-12)14(19)21-15(2,3)4/h5-6,12H,7-10H2,1-4H3/t12-,22+/m0/s1. The van der Waals surface area contributed by atoms with Crippen molar-refractivity contribution in [3.05, 3.63) is 17.8 Å². The van der Waals surface area contributed by atoms with Gasteiger partial charge in [0.25, 0.3) is 0 Å². The highest BCUT2D eigenvalue weighted by Crippen LogP contribution is 2.21. The highest BCUT2D eigenvalue weighted by Gasteiger charge is 2.30. The third kappa shape index (κ3) is 4.76. The topological polar surface area (TPSA) is 72.4 Å². The van der Waals surface area contributed by atoms with Crippen LogP contribution in [0.5, 0.6) is 0 Å². The molecule has 0 aliphatic carbocycles. The number of aromatic nitrogens is 2. The summed E-state index contributed by atoms with van der Waals surface area (Å²) in [6.45, 7) is 8.63. The van der Waals surface area contributed by atoms with Crippen molar-refractivity contribution in [1.29, 1.82) is 0 Å². The molecule has 0 bridgehead atoms. The van der Waals surface area contributed by atoms with Crippen LogP contribution in [0, 0.1) is 12.8 Å². The molecule has 6 nitrogen and oxygen atoms in total. The Hall–Kier alpha value is -1.50. The van der Waals surface area contributed by atoms with E-state index < -0.39 is 16.4 Å². The first-order valence-electron chi connectivity index (χ1n) is 7.41. The number of amides is 1. The van der Waals surface area contributed by atoms with E-state index in [1.54, 1.807) is 11.0 Å². The minimum atomic E-state index is -1.18. The molecule has 0 unspecified atom stereocenters. The molecule has 22 heavy (non-hydrogen) atoms. The van der Waals surface area contributed by atoms with Crippen molar-refractivity contribution in [2.45, 2.75) is 44.7 Å². The van der Waals surface area contributed by atoms with Crippen molar-refractivity contribution in [2.75, 3.05) is 18.8 Å². The van der Waals surface area contributed by atoms with Crippen LogP contribution in [0.25, 0.3) is 0 Å². The number of carbonyl (C=O) groups is 1. The summed E-state index contributed by atoms with van der Waals surface area (Å²) in [5, 5.41) is 8.40. The van der Waals surface area contributed by atoms with Crippen LogP contribution in [0.4, 0.5) is 4.79 Å². The molecule has 1 aliphatic heterocycles. The summed E-state index contributed by atoms with van der Waals surface area (Å²) in [5.41, 5.74) is 0.313. The van der Waals surface area contributed by atoms with Gasteiger partial charge in [-0.1, -0.05) is 0 Å². The lowest BCUT2D eigenvalue weighted by Crippen LogP contribution is -2.35. The SMILES string of the molecule is Cc1ccc([S@](=O)C[C@H]2CCN(C(=O)OC(C)(C)C)C2)nn1. The molecule has 1 saturated heterocycles. The van der Waals surface area contributed by atoms with E-state index in [-0.39, 0.29) is 12.0 Å².